The maximum Gasteiger partial charge on any atom is 0.248 e. The summed E-state index contributed by atoms with van der Waals surface area (Å²) >= 11 is 0. The van der Waals surface area contributed by atoms with Crippen LogP contribution >= 0.6 is 0 Å². The Labute approximate surface area is 119 Å². The molecule has 0 unspecified atom stereocenters. The molecule has 0 spiro atoms. The number of ether oxygens (including phenoxy) is 1. The molecule has 0 saturated carbocycles. The minimum atomic E-state index is -0.122. The van der Waals surface area contributed by atoms with Crippen LogP contribution in [-0.4, -0.2) is 41.6 Å². The number of likely N-dealkylation sites (N-methyl/N-ethyl adjacent to an activating group) is 1. The summed E-state index contributed by atoms with van der Waals surface area (Å²) in [6.45, 7) is 7.86. The number of nitrogens with zero attached hydrogens (tertiary/aromatic N) is 2. The summed E-state index contributed by atoms with van der Waals surface area (Å²) in [4.78, 5) is 14.8. The summed E-state index contributed by atoms with van der Waals surface area (Å²) in [7, 11) is 1.64. The van der Waals surface area contributed by atoms with Gasteiger partial charge in [-0.15, -0.1) is 0 Å². The van der Waals surface area contributed by atoms with E-state index in [2.05, 4.69) is 18.7 Å². The molecule has 0 aliphatic rings. The highest BCUT2D eigenvalue weighted by Gasteiger charge is 2.21. The van der Waals surface area contributed by atoms with Crippen molar-refractivity contribution in [3.63, 3.8) is 0 Å². The van der Waals surface area contributed by atoms with Crippen molar-refractivity contribution in [1.82, 2.24) is 9.47 Å². The summed E-state index contributed by atoms with van der Waals surface area (Å²) in [5.74, 6) is 0.911. The van der Waals surface area contributed by atoms with Crippen LogP contribution in [0.5, 0.6) is 5.75 Å². The van der Waals surface area contributed by atoms with E-state index in [1.54, 1.807) is 11.7 Å². The van der Waals surface area contributed by atoms with Crippen LogP contribution in [0.3, 0.4) is 0 Å². The molecule has 20 heavy (non-hydrogen) atoms. The SMILES string of the molecule is CCN(CC)[C@H](C)C(=O)n1ccc2cc(OC)ccc21. The van der Waals surface area contributed by atoms with Crippen LogP contribution in [0.2, 0.25) is 0 Å². The Bertz CT molecular complexity index is 600. The highest BCUT2D eigenvalue weighted by molar-refractivity contribution is 5.95. The Morgan fingerprint density at radius 2 is 2.00 bits per heavy atom. The quantitative estimate of drug-likeness (QED) is 0.840. The van der Waals surface area contributed by atoms with Gasteiger partial charge >= 0.3 is 0 Å². The Hall–Kier alpha value is -1.81. The van der Waals surface area contributed by atoms with Crippen LogP contribution < -0.4 is 4.74 Å². The van der Waals surface area contributed by atoms with E-state index in [4.69, 9.17) is 4.74 Å². The molecule has 0 fully saturated rings. The molecule has 1 aromatic carbocycles. The van der Waals surface area contributed by atoms with Crippen LogP contribution in [0.25, 0.3) is 10.9 Å². The van der Waals surface area contributed by atoms with E-state index in [0.29, 0.717) is 0 Å². The van der Waals surface area contributed by atoms with Gasteiger partial charge in [0, 0.05) is 11.6 Å². The van der Waals surface area contributed by atoms with Crippen molar-refractivity contribution in [2.24, 2.45) is 0 Å². The molecule has 0 aliphatic carbocycles. The molecule has 0 N–H and O–H groups in total. The van der Waals surface area contributed by atoms with Crippen molar-refractivity contribution in [1.29, 1.82) is 0 Å². The Morgan fingerprint density at radius 3 is 2.60 bits per heavy atom. The molecule has 0 bridgehead atoms. The second kappa shape index (κ2) is 6.09. The van der Waals surface area contributed by atoms with Crippen molar-refractivity contribution < 1.29 is 9.53 Å². The van der Waals surface area contributed by atoms with Crippen molar-refractivity contribution in [2.75, 3.05) is 20.2 Å². The normalized spacial score (nSPS) is 12.8. The molecular weight excluding hydrogens is 252 g/mol. The van der Waals surface area contributed by atoms with Crippen LogP contribution in [0, 0.1) is 0 Å². The number of fused-ring (bicyclic) bond motifs is 1. The first-order valence-electron chi connectivity index (χ1n) is 7.05. The minimum Gasteiger partial charge on any atom is -0.497 e. The largest absolute Gasteiger partial charge is 0.497 e. The third kappa shape index (κ3) is 2.56. The number of benzene rings is 1. The molecule has 0 saturated heterocycles. The second-order valence-electron chi connectivity index (χ2n) is 4.85. The molecule has 2 aromatic rings. The number of hydrogen-bond donors (Lipinski definition) is 0. The van der Waals surface area contributed by atoms with Crippen LogP contribution in [-0.2, 0) is 0 Å². The fourth-order valence-corrected chi connectivity index (χ4v) is 2.57. The maximum atomic E-state index is 12.6. The molecule has 4 heteroatoms. The first-order valence-corrected chi connectivity index (χ1v) is 7.05. The fraction of sp³-hybridized carbons (Fsp3) is 0.438. The molecule has 1 atom stereocenters. The minimum absolute atomic E-state index is 0.105. The summed E-state index contributed by atoms with van der Waals surface area (Å²) in [5, 5.41) is 1.02. The molecule has 1 aromatic heterocycles. The zero-order chi connectivity index (χ0) is 14.7. The second-order valence-corrected chi connectivity index (χ2v) is 4.85. The zero-order valence-corrected chi connectivity index (χ0v) is 12.6. The van der Waals surface area contributed by atoms with Gasteiger partial charge in [-0.05, 0) is 44.3 Å². The molecule has 108 valence electrons. The molecule has 4 nitrogen and oxygen atoms in total. The van der Waals surface area contributed by atoms with Crippen LogP contribution in [0.1, 0.15) is 25.6 Å². The summed E-state index contributed by atoms with van der Waals surface area (Å²) in [5.41, 5.74) is 0.926. The van der Waals surface area contributed by atoms with E-state index >= 15 is 0 Å². The topological polar surface area (TPSA) is 34.5 Å². The third-order valence-corrected chi connectivity index (χ3v) is 3.85. The fourth-order valence-electron chi connectivity index (χ4n) is 2.57. The van der Waals surface area contributed by atoms with Crippen molar-refractivity contribution in [2.45, 2.75) is 26.8 Å². The van der Waals surface area contributed by atoms with Gasteiger partial charge in [-0.1, -0.05) is 13.8 Å². The number of carbonyl (C=O) groups is 1. The van der Waals surface area contributed by atoms with Crippen LogP contribution in [0.15, 0.2) is 30.5 Å². The highest BCUT2D eigenvalue weighted by Crippen LogP contribution is 2.22. The average Bonchev–Trinajstić information content (AvgIpc) is 2.90. The van der Waals surface area contributed by atoms with Gasteiger partial charge in [-0.2, -0.15) is 0 Å². The number of carbonyl (C=O) groups excluding carboxylic acids is 1. The maximum absolute atomic E-state index is 12.6. The predicted octanol–water partition coefficient (Wildman–Crippen LogP) is 3.02. The predicted molar refractivity (Wildman–Crippen MR) is 81.5 cm³/mol. The molecule has 0 radical (unpaired) electrons. The molecule has 1 heterocycles. The van der Waals surface area contributed by atoms with Gasteiger partial charge in [-0.25, -0.2) is 0 Å². The summed E-state index contributed by atoms with van der Waals surface area (Å²) in [6.07, 6.45) is 1.84. The van der Waals surface area contributed by atoms with Gasteiger partial charge in [-0.3, -0.25) is 14.3 Å². The molecule has 0 amide bonds. The van der Waals surface area contributed by atoms with Gasteiger partial charge in [0.2, 0.25) is 5.91 Å². The Morgan fingerprint density at radius 1 is 1.30 bits per heavy atom. The van der Waals surface area contributed by atoms with Crippen molar-refractivity contribution >= 4 is 16.8 Å². The lowest BCUT2D eigenvalue weighted by Crippen LogP contribution is -2.41. The standard InChI is InChI=1S/C16H22N2O2/c1-5-17(6-2)12(3)16(19)18-10-9-13-11-14(20-4)7-8-15(13)18/h7-12H,5-6H2,1-4H3/t12-/m1/s1. The van der Waals surface area contributed by atoms with E-state index in [9.17, 15) is 4.79 Å². The lowest BCUT2D eigenvalue weighted by Gasteiger charge is -2.25. The third-order valence-electron chi connectivity index (χ3n) is 3.85. The number of methoxy groups -OCH3 is 1. The Kier molecular flexibility index (Phi) is 4.45. The van der Waals surface area contributed by atoms with Crippen LogP contribution in [0.4, 0.5) is 0 Å². The first kappa shape index (κ1) is 14.6. The first-order chi connectivity index (χ1) is 9.62. The van der Waals surface area contributed by atoms with Gasteiger partial charge in [0.15, 0.2) is 0 Å². The highest BCUT2D eigenvalue weighted by atomic mass is 16.5. The van der Waals surface area contributed by atoms with Crippen molar-refractivity contribution in [3.05, 3.63) is 30.5 Å². The van der Waals surface area contributed by atoms with Gasteiger partial charge < -0.3 is 4.74 Å². The lowest BCUT2D eigenvalue weighted by molar-refractivity contribution is 0.0769. The van der Waals surface area contributed by atoms with Gasteiger partial charge in [0.25, 0.3) is 0 Å². The monoisotopic (exact) mass is 274 g/mol. The summed E-state index contributed by atoms with van der Waals surface area (Å²) in [6, 6.07) is 7.59. The zero-order valence-electron chi connectivity index (χ0n) is 12.6. The smallest absolute Gasteiger partial charge is 0.248 e. The van der Waals surface area contributed by atoms with E-state index in [1.165, 1.54) is 0 Å². The van der Waals surface area contributed by atoms with Gasteiger partial charge in [0.1, 0.15) is 5.75 Å². The van der Waals surface area contributed by atoms with Gasteiger partial charge in [0.05, 0.1) is 18.7 Å². The number of hydrogen-bond acceptors (Lipinski definition) is 3. The number of aromatic nitrogens is 1. The number of rotatable bonds is 5. The van der Waals surface area contributed by atoms with Crippen molar-refractivity contribution in [3.8, 4) is 5.75 Å². The van der Waals surface area contributed by atoms with E-state index in [0.717, 1.165) is 29.7 Å². The molecular formula is C16H22N2O2. The van der Waals surface area contributed by atoms with E-state index < -0.39 is 0 Å². The van der Waals surface area contributed by atoms with E-state index in [1.807, 2.05) is 37.4 Å². The summed E-state index contributed by atoms with van der Waals surface area (Å²) < 4.78 is 6.94. The van der Waals surface area contributed by atoms with E-state index in [-0.39, 0.29) is 11.9 Å². The molecule has 2 rings (SSSR count). The molecule has 0 aliphatic heterocycles. The lowest BCUT2D eigenvalue weighted by atomic mass is 10.2. The Balaban J connectivity index is 2.35. The average molecular weight is 274 g/mol.